The van der Waals surface area contributed by atoms with E-state index >= 15 is 0 Å². The molecular formula is C19H23F2N3O3S. The van der Waals surface area contributed by atoms with Gasteiger partial charge >= 0.3 is 6.61 Å². The van der Waals surface area contributed by atoms with E-state index in [1.807, 2.05) is 0 Å². The number of benzene rings is 2. The second-order valence-corrected chi connectivity index (χ2v) is 8.06. The van der Waals surface area contributed by atoms with E-state index in [0.717, 1.165) is 11.1 Å². The van der Waals surface area contributed by atoms with Crippen LogP contribution in [0.15, 0.2) is 58.4 Å². The number of hydrogen-bond acceptors (Lipinski definition) is 4. The monoisotopic (exact) mass is 411 g/mol. The first-order valence-corrected chi connectivity index (χ1v) is 10.4. The second-order valence-electron chi connectivity index (χ2n) is 6.04. The van der Waals surface area contributed by atoms with Crippen molar-refractivity contribution >= 4 is 15.8 Å². The van der Waals surface area contributed by atoms with E-state index in [4.69, 9.17) is 0 Å². The van der Waals surface area contributed by atoms with Gasteiger partial charge < -0.3 is 15.4 Å². The minimum absolute atomic E-state index is 0.106. The molecule has 0 radical (unpaired) electrons. The molecule has 0 saturated carbocycles. The van der Waals surface area contributed by atoms with E-state index in [2.05, 4.69) is 20.4 Å². The van der Waals surface area contributed by atoms with Crippen LogP contribution < -0.4 is 15.4 Å². The molecule has 0 saturated heterocycles. The first-order chi connectivity index (χ1) is 13.3. The normalized spacial score (nSPS) is 12.1. The zero-order chi connectivity index (χ0) is 20.6. The van der Waals surface area contributed by atoms with Gasteiger partial charge in [0.1, 0.15) is 5.75 Å². The number of alkyl halides is 2. The molecule has 0 aliphatic carbocycles. The van der Waals surface area contributed by atoms with Gasteiger partial charge in [0.25, 0.3) is 0 Å². The molecule has 0 unspecified atom stereocenters. The summed E-state index contributed by atoms with van der Waals surface area (Å²) in [6.45, 7) is -1.88. The van der Waals surface area contributed by atoms with E-state index < -0.39 is 16.4 Å². The van der Waals surface area contributed by atoms with Crippen LogP contribution in [0, 0.1) is 0 Å². The number of ether oxygens (including phenoxy) is 1. The highest BCUT2D eigenvalue weighted by atomic mass is 32.2. The van der Waals surface area contributed by atoms with Crippen molar-refractivity contribution < 1.29 is 21.9 Å². The fourth-order valence-corrected chi connectivity index (χ4v) is 3.10. The van der Waals surface area contributed by atoms with Gasteiger partial charge in [-0.05, 0) is 41.8 Å². The van der Waals surface area contributed by atoms with Crippen molar-refractivity contribution in [3.63, 3.8) is 0 Å². The fraction of sp³-hybridized carbons (Fsp3) is 0.316. The Labute approximate surface area is 163 Å². The van der Waals surface area contributed by atoms with Gasteiger partial charge in [-0.15, -0.1) is 0 Å². The molecule has 28 heavy (non-hydrogen) atoms. The van der Waals surface area contributed by atoms with Gasteiger partial charge in [-0.2, -0.15) is 8.78 Å². The largest absolute Gasteiger partial charge is 0.435 e. The summed E-state index contributed by atoms with van der Waals surface area (Å²) in [5.41, 5.74) is 1.77. The number of rotatable bonds is 8. The molecule has 0 aliphatic rings. The van der Waals surface area contributed by atoms with Crippen molar-refractivity contribution in [2.45, 2.75) is 24.5 Å². The maximum Gasteiger partial charge on any atom is 0.387 e. The lowest BCUT2D eigenvalue weighted by atomic mass is 10.1. The molecule has 2 aromatic rings. The molecule has 0 atom stereocenters. The number of sulfone groups is 1. The third-order valence-corrected chi connectivity index (χ3v) is 4.99. The Morgan fingerprint density at radius 3 is 2.43 bits per heavy atom. The smallest absolute Gasteiger partial charge is 0.387 e. The van der Waals surface area contributed by atoms with Gasteiger partial charge in [-0.1, -0.05) is 24.3 Å². The van der Waals surface area contributed by atoms with Crippen molar-refractivity contribution in [2.24, 2.45) is 4.99 Å². The molecule has 2 N–H and O–H groups in total. The molecule has 0 aromatic heterocycles. The minimum atomic E-state index is -3.20. The molecule has 0 fully saturated rings. The van der Waals surface area contributed by atoms with Crippen LogP contribution in [-0.2, 0) is 22.8 Å². The summed E-state index contributed by atoms with van der Waals surface area (Å²) in [7, 11) is -1.56. The van der Waals surface area contributed by atoms with Crippen molar-refractivity contribution in [2.75, 3.05) is 19.8 Å². The maximum atomic E-state index is 12.3. The Morgan fingerprint density at radius 2 is 1.82 bits per heavy atom. The van der Waals surface area contributed by atoms with Crippen molar-refractivity contribution in [3.8, 4) is 5.75 Å². The third kappa shape index (κ3) is 7.15. The highest BCUT2D eigenvalue weighted by molar-refractivity contribution is 7.90. The van der Waals surface area contributed by atoms with E-state index in [0.29, 0.717) is 30.4 Å². The van der Waals surface area contributed by atoms with E-state index in [1.54, 1.807) is 43.4 Å². The summed E-state index contributed by atoms with van der Waals surface area (Å²) in [5, 5.41) is 6.25. The molecule has 0 bridgehead atoms. The average Bonchev–Trinajstić information content (AvgIpc) is 2.64. The lowest BCUT2D eigenvalue weighted by Gasteiger charge is -2.13. The average molecular weight is 411 g/mol. The lowest BCUT2D eigenvalue weighted by molar-refractivity contribution is -0.0498. The lowest BCUT2D eigenvalue weighted by Crippen LogP contribution is -2.37. The SMILES string of the molecule is CN=C(NCCc1ccc(S(C)(=O)=O)cc1)NCc1cccc(OC(F)F)c1. The number of hydrogen-bond donors (Lipinski definition) is 2. The standard InChI is InChI=1S/C19H23F2N3O3S/c1-22-19(24-13-15-4-3-5-16(12-15)27-18(20)21)23-11-10-14-6-8-17(9-7-14)28(2,25)26/h3-9,12,18H,10-11,13H2,1-2H3,(H2,22,23,24). The highest BCUT2D eigenvalue weighted by Crippen LogP contribution is 2.15. The van der Waals surface area contributed by atoms with Crippen molar-refractivity contribution in [1.29, 1.82) is 0 Å². The van der Waals surface area contributed by atoms with Gasteiger partial charge in [-0.3, -0.25) is 4.99 Å². The molecule has 152 valence electrons. The summed E-state index contributed by atoms with van der Waals surface area (Å²) >= 11 is 0. The van der Waals surface area contributed by atoms with Crippen molar-refractivity contribution in [1.82, 2.24) is 10.6 Å². The van der Waals surface area contributed by atoms with Crippen LogP contribution in [0.4, 0.5) is 8.78 Å². The van der Waals surface area contributed by atoms with E-state index in [1.165, 1.54) is 18.4 Å². The highest BCUT2D eigenvalue weighted by Gasteiger charge is 2.07. The predicted octanol–water partition coefficient (Wildman–Crippen LogP) is 2.60. The first kappa shape index (κ1) is 21.6. The molecule has 0 amide bonds. The zero-order valence-electron chi connectivity index (χ0n) is 15.7. The summed E-state index contributed by atoms with van der Waals surface area (Å²) in [6.07, 6.45) is 1.86. The van der Waals surface area contributed by atoms with Gasteiger partial charge in [-0.25, -0.2) is 8.42 Å². The molecule has 0 spiro atoms. The number of halogens is 2. The Kier molecular flexibility index (Phi) is 7.74. The first-order valence-electron chi connectivity index (χ1n) is 8.55. The summed E-state index contributed by atoms with van der Waals surface area (Å²) < 4.78 is 51.9. The number of guanidine groups is 1. The fourth-order valence-electron chi connectivity index (χ4n) is 2.47. The molecule has 0 aliphatic heterocycles. The number of nitrogens with one attached hydrogen (secondary N) is 2. The Balaban J connectivity index is 1.82. The van der Waals surface area contributed by atoms with Gasteiger partial charge in [0.05, 0.1) is 4.90 Å². The second kappa shape index (κ2) is 10.0. The van der Waals surface area contributed by atoms with Crippen LogP contribution in [0.2, 0.25) is 0 Å². The minimum Gasteiger partial charge on any atom is -0.435 e. The van der Waals surface area contributed by atoms with Crippen LogP contribution >= 0.6 is 0 Å². The summed E-state index contributed by atoms with van der Waals surface area (Å²) in [4.78, 5) is 4.41. The molecule has 0 heterocycles. The number of aliphatic imine (C=N–C) groups is 1. The van der Waals surface area contributed by atoms with Crippen LogP contribution in [0.3, 0.4) is 0 Å². The summed E-state index contributed by atoms with van der Waals surface area (Å²) in [6, 6.07) is 13.2. The number of nitrogens with zero attached hydrogens (tertiary/aromatic N) is 1. The quantitative estimate of drug-likeness (QED) is 0.516. The van der Waals surface area contributed by atoms with Crippen LogP contribution in [-0.4, -0.2) is 40.8 Å². The van der Waals surface area contributed by atoms with Crippen molar-refractivity contribution in [3.05, 3.63) is 59.7 Å². The molecule has 2 rings (SSSR count). The molecule has 6 nitrogen and oxygen atoms in total. The molecule has 9 heteroatoms. The maximum absolute atomic E-state index is 12.3. The topological polar surface area (TPSA) is 79.8 Å². The molecule has 2 aromatic carbocycles. The van der Waals surface area contributed by atoms with E-state index in [-0.39, 0.29) is 5.75 Å². The van der Waals surface area contributed by atoms with Gasteiger partial charge in [0.15, 0.2) is 15.8 Å². The Hall–Kier alpha value is -2.68. The zero-order valence-corrected chi connectivity index (χ0v) is 16.5. The Bertz CT molecular complexity index is 901. The summed E-state index contributed by atoms with van der Waals surface area (Å²) in [5.74, 6) is 0.669. The third-order valence-electron chi connectivity index (χ3n) is 3.86. The Morgan fingerprint density at radius 1 is 1.11 bits per heavy atom. The molecular weight excluding hydrogens is 388 g/mol. The predicted molar refractivity (Wildman–Crippen MR) is 105 cm³/mol. The van der Waals surface area contributed by atoms with Gasteiger partial charge in [0, 0.05) is 26.4 Å². The van der Waals surface area contributed by atoms with E-state index in [9.17, 15) is 17.2 Å². The van der Waals surface area contributed by atoms with Crippen LogP contribution in [0.25, 0.3) is 0 Å². The van der Waals surface area contributed by atoms with Crippen LogP contribution in [0.1, 0.15) is 11.1 Å². The van der Waals surface area contributed by atoms with Crippen LogP contribution in [0.5, 0.6) is 5.75 Å². The van der Waals surface area contributed by atoms with Gasteiger partial charge in [0.2, 0.25) is 0 Å².